The molecule has 1 aliphatic rings. The normalized spacial score (nSPS) is 25.7. The maximum atomic E-state index is 11.5. The Balaban J connectivity index is 2.41. The van der Waals surface area contributed by atoms with E-state index in [4.69, 9.17) is 11.6 Å². The lowest BCUT2D eigenvalue weighted by atomic mass is 9.88. The molecule has 1 aliphatic heterocycles. The van der Waals surface area contributed by atoms with Crippen LogP contribution in [0.5, 0.6) is 0 Å². The zero-order valence-corrected chi connectivity index (χ0v) is 11.6. The summed E-state index contributed by atoms with van der Waals surface area (Å²) in [6.45, 7) is 1.83. The van der Waals surface area contributed by atoms with E-state index in [0.717, 1.165) is 8.66 Å². The second kappa shape index (κ2) is 4.13. The minimum Gasteiger partial charge on any atom is -0.345 e. The fourth-order valence-electron chi connectivity index (χ4n) is 1.89. The quantitative estimate of drug-likeness (QED) is 0.808. The van der Waals surface area contributed by atoms with Crippen LogP contribution < -0.4 is 5.32 Å². The van der Waals surface area contributed by atoms with Gasteiger partial charge in [-0.15, -0.1) is 11.3 Å². The number of thiophene rings is 1. The third-order valence-corrected chi connectivity index (χ3v) is 4.79. The van der Waals surface area contributed by atoms with Crippen LogP contribution in [0.1, 0.15) is 24.6 Å². The van der Waals surface area contributed by atoms with Crippen LogP contribution in [0.4, 0.5) is 0 Å². The summed E-state index contributed by atoms with van der Waals surface area (Å²) >= 11 is 10.9. The van der Waals surface area contributed by atoms with Gasteiger partial charge in [0, 0.05) is 11.3 Å². The Hall–Kier alpha value is -0.390. The first kappa shape index (κ1) is 12.1. The van der Waals surface area contributed by atoms with Gasteiger partial charge >= 0.3 is 0 Å². The largest absolute Gasteiger partial charge is 0.345 e. The molecular formula is C10H9BrClNO2S. The van der Waals surface area contributed by atoms with Gasteiger partial charge in [-0.25, -0.2) is 0 Å². The van der Waals surface area contributed by atoms with Gasteiger partial charge in [0.2, 0.25) is 5.91 Å². The van der Waals surface area contributed by atoms with Gasteiger partial charge in [-0.1, -0.05) is 11.6 Å². The van der Waals surface area contributed by atoms with Gasteiger partial charge in [0.15, 0.2) is 0 Å². The molecule has 16 heavy (non-hydrogen) atoms. The van der Waals surface area contributed by atoms with Crippen LogP contribution in [0.15, 0.2) is 9.85 Å². The molecule has 1 amide bonds. The van der Waals surface area contributed by atoms with Crippen LogP contribution in [-0.2, 0) is 15.1 Å². The predicted molar refractivity (Wildman–Crippen MR) is 66.8 cm³/mol. The highest BCUT2D eigenvalue weighted by molar-refractivity contribution is 9.11. The van der Waals surface area contributed by atoms with Gasteiger partial charge in [0.1, 0.15) is 5.78 Å². The fraction of sp³-hybridized carbons (Fsp3) is 0.400. The molecule has 0 radical (unpaired) electrons. The molecule has 0 saturated carbocycles. The van der Waals surface area contributed by atoms with Crippen molar-refractivity contribution in [1.82, 2.24) is 5.32 Å². The number of carbonyl (C=O) groups excluding carboxylic acids is 2. The summed E-state index contributed by atoms with van der Waals surface area (Å²) in [5.74, 6) is -0.286. The molecule has 1 fully saturated rings. The summed E-state index contributed by atoms with van der Waals surface area (Å²) in [5, 5.41) is 3.42. The molecule has 2 rings (SSSR count). The number of halogens is 2. The molecule has 1 N–H and O–H groups in total. The first-order valence-electron chi connectivity index (χ1n) is 4.69. The van der Waals surface area contributed by atoms with E-state index in [1.54, 1.807) is 6.07 Å². The molecule has 1 aromatic heterocycles. The summed E-state index contributed by atoms with van der Waals surface area (Å²) in [7, 11) is 0. The molecule has 86 valence electrons. The zero-order chi connectivity index (χ0) is 11.9. The van der Waals surface area contributed by atoms with Crippen molar-refractivity contribution in [2.24, 2.45) is 0 Å². The number of amides is 1. The first-order valence-corrected chi connectivity index (χ1v) is 6.67. The molecule has 2 heterocycles. The van der Waals surface area contributed by atoms with Crippen LogP contribution in [-0.4, -0.2) is 11.7 Å². The van der Waals surface area contributed by atoms with Crippen molar-refractivity contribution >= 4 is 50.6 Å². The molecule has 6 heteroatoms. The number of rotatable bonds is 1. The van der Waals surface area contributed by atoms with Crippen LogP contribution in [0, 0.1) is 0 Å². The Morgan fingerprint density at radius 2 is 2.25 bits per heavy atom. The molecule has 1 saturated heterocycles. The van der Waals surface area contributed by atoms with E-state index in [1.165, 1.54) is 11.3 Å². The van der Waals surface area contributed by atoms with E-state index in [0.29, 0.717) is 11.4 Å². The molecule has 0 aromatic carbocycles. The molecule has 0 spiro atoms. The molecule has 3 nitrogen and oxygen atoms in total. The standard InChI is InChI=1S/C10H9BrClNO2S/c1-10(4-5(14)2-8(15)13-10)9-6(12)3-7(11)16-9/h3H,2,4H2,1H3,(H,13,15). The monoisotopic (exact) mass is 321 g/mol. The lowest BCUT2D eigenvalue weighted by molar-refractivity contribution is -0.134. The third kappa shape index (κ3) is 2.17. The van der Waals surface area contributed by atoms with E-state index in [-0.39, 0.29) is 18.1 Å². The molecular weight excluding hydrogens is 314 g/mol. The smallest absolute Gasteiger partial charge is 0.228 e. The summed E-state index contributed by atoms with van der Waals surface area (Å²) in [5.41, 5.74) is -0.666. The second-order valence-electron chi connectivity index (χ2n) is 4.00. The first-order chi connectivity index (χ1) is 7.40. The number of ketones is 1. The molecule has 0 bridgehead atoms. The fourth-order valence-corrected chi connectivity index (χ4v) is 4.11. The Kier molecular flexibility index (Phi) is 3.11. The van der Waals surface area contributed by atoms with E-state index < -0.39 is 5.54 Å². The zero-order valence-electron chi connectivity index (χ0n) is 8.47. The van der Waals surface area contributed by atoms with E-state index >= 15 is 0 Å². The number of hydrogen-bond acceptors (Lipinski definition) is 3. The van der Waals surface area contributed by atoms with Gasteiger partial charge in [-0.3, -0.25) is 9.59 Å². The maximum absolute atomic E-state index is 11.5. The predicted octanol–water partition coefficient (Wildman–Crippen LogP) is 2.86. The number of carbonyl (C=O) groups is 2. The Morgan fingerprint density at radius 3 is 2.75 bits per heavy atom. The highest BCUT2D eigenvalue weighted by Crippen LogP contribution is 2.41. The minimum absolute atomic E-state index is 0.0280. The average molecular weight is 323 g/mol. The van der Waals surface area contributed by atoms with E-state index in [9.17, 15) is 9.59 Å². The Bertz CT molecular complexity index is 455. The van der Waals surface area contributed by atoms with Crippen molar-refractivity contribution < 1.29 is 9.59 Å². The summed E-state index contributed by atoms with van der Waals surface area (Å²) in [4.78, 5) is 23.7. The molecule has 0 aliphatic carbocycles. The third-order valence-electron chi connectivity index (χ3n) is 2.48. The number of hydrogen-bond donors (Lipinski definition) is 1. The second-order valence-corrected chi connectivity index (χ2v) is 6.84. The number of Topliss-reactive ketones (excluding diaryl/α,β-unsaturated/α-hetero) is 1. The molecule has 1 aromatic rings. The highest BCUT2D eigenvalue weighted by atomic mass is 79.9. The van der Waals surface area contributed by atoms with Gasteiger partial charge < -0.3 is 5.32 Å². The van der Waals surface area contributed by atoms with Crippen LogP contribution in [0.25, 0.3) is 0 Å². The minimum atomic E-state index is -0.666. The summed E-state index contributed by atoms with van der Waals surface area (Å²) in [6.07, 6.45) is 0.269. The number of piperidine rings is 1. The summed E-state index contributed by atoms with van der Waals surface area (Å²) < 4.78 is 0.890. The van der Waals surface area contributed by atoms with Gasteiger partial charge in [-0.05, 0) is 28.9 Å². The van der Waals surface area contributed by atoms with Gasteiger partial charge in [-0.2, -0.15) is 0 Å². The van der Waals surface area contributed by atoms with E-state index in [2.05, 4.69) is 21.2 Å². The van der Waals surface area contributed by atoms with Crippen molar-refractivity contribution in [3.8, 4) is 0 Å². The van der Waals surface area contributed by atoms with Crippen LogP contribution in [0.2, 0.25) is 5.02 Å². The average Bonchev–Trinajstić information content (AvgIpc) is 2.43. The Labute approximate surface area is 110 Å². The van der Waals surface area contributed by atoms with Crippen LogP contribution >= 0.6 is 38.9 Å². The lowest BCUT2D eigenvalue weighted by Gasteiger charge is -2.33. The lowest BCUT2D eigenvalue weighted by Crippen LogP contribution is -2.49. The topological polar surface area (TPSA) is 46.2 Å². The highest BCUT2D eigenvalue weighted by Gasteiger charge is 2.38. The van der Waals surface area contributed by atoms with Crippen molar-refractivity contribution in [3.63, 3.8) is 0 Å². The van der Waals surface area contributed by atoms with Crippen molar-refractivity contribution in [2.45, 2.75) is 25.3 Å². The van der Waals surface area contributed by atoms with Gasteiger partial charge in [0.25, 0.3) is 0 Å². The van der Waals surface area contributed by atoms with Crippen molar-refractivity contribution in [2.75, 3.05) is 0 Å². The SMILES string of the molecule is CC1(c2sc(Br)cc2Cl)CC(=O)CC(=O)N1. The van der Waals surface area contributed by atoms with Crippen molar-refractivity contribution in [3.05, 3.63) is 19.8 Å². The summed E-state index contributed by atoms with van der Waals surface area (Å²) in [6, 6.07) is 1.78. The molecule has 1 unspecified atom stereocenters. The van der Waals surface area contributed by atoms with Gasteiger partial charge in [0.05, 0.1) is 20.8 Å². The number of nitrogens with one attached hydrogen (secondary N) is 1. The van der Waals surface area contributed by atoms with E-state index in [1.807, 2.05) is 6.92 Å². The Morgan fingerprint density at radius 1 is 1.56 bits per heavy atom. The molecule has 1 atom stereocenters. The van der Waals surface area contributed by atoms with Crippen LogP contribution in [0.3, 0.4) is 0 Å². The van der Waals surface area contributed by atoms with Crippen molar-refractivity contribution in [1.29, 1.82) is 0 Å². The maximum Gasteiger partial charge on any atom is 0.228 e.